The van der Waals surface area contributed by atoms with E-state index in [4.69, 9.17) is 0 Å². The number of rotatable bonds is 13. The molecule has 0 spiro atoms. The molecule has 0 aliphatic heterocycles. The summed E-state index contributed by atoms with van der Waals surface area (Å²) in [6, 6.07) is 13.4. The van der Waals surface area contributed by atoms with Crippen LogP contribution in [0.3, 0.4) is 0 Å². The van der Waals surface area contributed by atoms with Gasteiger partial charge in [0.1, 0.15) is 6.54 Å². The number of hydrogen-bond acceptors (Lipinski definition) is 4. The average molecular weight is 525 g/mol. The lowest BCUT2D eigenvalue weighted by Crippen LogP contribution is -2.49. The van der Waals surface area contributed by atoms with Crippen LogP contribution in [-0.2, 0) is 33.7 Å². The molecule has 0 aliphatic carbocycles. The fourth-order valence-electron chi connectivity index (χ4n) is 5.07. The zero-order valence-electron chi connectivity index (χ0n) is 23.5. The smallest absolute Gasteiger partial charge is 0.320 e. The lowest BCUT2D eigenvalue weighted by atomic mass is 10.1. The highest BCUT2D eigenvalue weighted by atomic mass is 16.2. The average Bonchev–Trinajstić information content (AvgIpc) is 2.90. The molecule has 3 aromatic rings. The van der Waals surface area contributed by atoms with Crippen molar-refractivity contribution in [3.05, 3.63) is 101 Å². The summed E-state index contributed by atoms with van der Waals surface area (Å²) in [6.45, 7) is 10.2. The summed E-state index contributed by atoms with van der Waals surface area (Å²) in [4.78, 5) is 49.9. The zero-order chi connectivity index (χ0) is 27.9. The first kappa shape index (κ1) is 29.1. The second-order valence-corrected chi connectivity index (χ2v) is 10.4. The third-order valence-electron chi connectivity index (χ3n) is 7.85. The van der Waals surface area contributed by atoms with E-state index in [0.717, 1.165) is 56.3 Å². The first-order valence-electron chi connectivity index (χ1n) is 13.5. The van der Waals surface area contributed by atoms with Crippen LogP contribution in [-0.4, -0.2) is 42.4 Å². The Morgan fingerprint density at radius 3 is 1.55 bits per heavy atom. The second kappa shape index (κ2) is 12.9. The van der Waals surface area contributed by atoms with Crippen molar-refractivity contribution in [1.82, 2.24) is 18.3 Å². The Kier molecular flexibility index (Phi) is 9.85. The van der Waals surface area contributed by atoms with E-state index in [1.165, 1.54) is 36.0 Å². The molecule has 0 saturated carbocycles. The highest BCUT2D eigenvalue weighted by molar-refractivity contribution is 5.13. The van der Waals surface area contributed by atoms with Crippen molar-refractivity contribution in [2.24, 2.45) is 14.1 Å². The van der Waals surface area contributed by atoms with Gasteiger partial charge in [-0.15, -0.1) is 0 Å². The molecule has 9 nitrogen and oxygen atoms in total. The van der Waals surface area contributed by atoms with Crippen LogP contribution < -0.4 is 22.5 Å². The van der Waals surface area contributed by atoms with Crippen molar-refractivity contribution in [1.29, 1.82) is 0 Å². The molecular formula is C29H42N5O4+. The minimum Gasteiger partial charge on any atom is -0.320 e. The molecule has 0 fully saturated rings. The van der Waals surface area contributed by atoms with E-state index in [9.17, 15) is 19.2 Å². The number of benzene rings is 1. The predicted octanol–water partition coefficient (Wildman–Crippen LogP) is 2.32. The fourth-order valence-corrected chi connectivity index (χ4v) is 5.07. The molecule has 0 unspecified atom stereocenters. The summed E-state index contributed by atoms with van der Waals surface area (Å²) in [7, 11) is 3.37. The molecule has 0 aliphatic rings. The van der Waals surface area contributed by atoms with Gasteiger partial charge in [-0.25, -0.2) is 9.59 Å². The number of quaternary nitrogens is 1. The van der Waals surface area contributed by atoms with Crippen molar-refractivity contribution in [2.75, 3.05) is 19.6 Å². The predicted molar refractivity (Wildman–Crippen MR) is 151 cm³/mol. The quantitative estimate of drug-likeness (QED) is 0.254. The van der Waals surface area contributed by atoms with Gasteiger partial charge in [-0.1, -0.05) is 30.3 Å². The maximum absolute atomic E-state index is 12.6. The zero-order valence-corrected chi connectivity index (χ0v) is 23.5. The molecular weight excluding hydrogens is 482 g/mol. The molecule has 0 atom stereocenters. The number of aromatic nitrogens is 4. The van der Waals surface area contributed by atoms with Gasteiger partial charge in [-0.3, -0.25) is 18.7 Å². The second-order valence-electron chi connectivity index (χ2n) is 10.4. The summed E-state index contributed by atoms with van der Waals surface area (Å²) in [5, 5.41) is 0. The number of unbranched alkanes of at least 4 members (excludes halogenated alkanes) is 2. The van der Waals surface area contributed by atoms with Gasteiger partial charge in [0, 0.05) is 56.3 Å². The van der Waals surface area contributed by atoms with Crippen LogP contribution in [0.2, 0.25) is 0 Å². The van der Waals surface area contributed by atoms with E-state index < -0.39 is 0 Å². The van der Waals surface area contributed by atoms with Crippen molar-refractivity contribution in [2.45, 2.75) is 66.1 Å². The largest absolute Gasteiger partial charge is 0.330 e. The van der Waals surface area contributed by atoms with Gasteiger partial charge in [-0.2, -0.15) is 0 Å². The molecule has 3 rings (SSSR count). The number of hydrogen-bond donors (Lipinski definition) is 0. The molecule has 0 bridgehead atoms. The summed E-state index contributed by atoms with van der Waals surface area (Å²) in [5.74, 6) is 0. The molecule has 0 N–H and O–H groups in total. The number of nitrogens with zero attached hydrogens (tertiary/aromatic N) is 5. The molecule has 0 saturated heterocycles. The molecule has 206 valence electrons. The normalized spacial score (nSPS) is 11.7. The van der Waals surface area contributed by atoms with Crippen LogP contribution >= 0.6 is 0 Å². The van der Waals surface area contributed by atoms with Crippen molar-refractivity contribution >= 4 is 0 Å². The Hall–Kier alpha value is -3.46. The fraction of sp³-hybridized carbons (Fsp3) is 0.517. The monoisotopic (exact) mass is 524 g/mol. The van der Waals surface area contributed by atoms with Gasteiger partial charge in [0.25, 0.3) is 11.1 Å². The van der Waals surface area contributed by atoms with Crippen molar-refractivity contribution < 1.29 is 4.48 Å². The third-order valence-corrected chi connectivity index (χ3v) is 7.85. The maximum atomic E-state index is 12.6. The van der Waals surface area contributed by atoms with Gasteiger partial charge >= 0.3 is 11.4 Å². The molecule has 0 amide bonds. The molecule has 9 heteroatoms. The lowest BCUT2D eigenvalue weighted by Gasteiger charge is -2.38. The van der Waals surface area contributed by atoms with Crippen LogP contribution in [0.5, 0.6) is 0 Å². The first-order valence-corrected chi connectivity index (χ1v) is 13.5. The van der Waals surface area contributed by atoms with Crippen molar-refractivity contribution in [3.8, 4) is 0 Å². The van der Waals surface area contributed by atoms with Crippen LogP contribution in [0.4, 0.5) is 0 Å². The Morgan fingerprint density at radius 2 is 1.13 bits per heavy atom. The van der Waals surface area contributed by atoms with E-state index in [0.29, 0.717) is 24.5 Å². The third kappa shape index (κ3) is 6.89. The highest BCUT2D eigenvalue weighted by Gasteiger charge is 2.25. The molecule has 0 radical (unpaired) electrons. The SMILES string of the molecule is CC[N+](CCCCn1c(=O)cc(C)n(C)c1=O)(CCCCn1c(=O)cc(C)n(C)c1=O)Cc1ccccc1. The standard InChI is InChI=1S/C29H42N5O4/c1-6-34(22-25-14-8-7-9-15-25,18-12-10-16-32-26(35)20-23(2)30(4)28(32)37)19-13-11-17-33-27(36)21-24(3)31(5)29(33)38/h7-9,14-15,20-21H,6,10-13,16-19,22H2,1-5H3/q+1. The van der Waals surface area contributed by atoms with E-state index in [1.807, 2.05) is 6.07 Å². The molecule has 38 heavy (non-hydrogen) atoms. The van der Waals surface area contributed by atoms with E-state index in [2.05, 4.69) is 31.2 Å². The van der Waals surface area contributed by atoms with E-state index in [-0.39, 0.29) is 22.5 Å². The first-order chi connectivity index (χ1) is 18.1. The van der Waals surface area contributed by atoms with Gasteiger partial charge in [0.05, 0.1) is 19.6 Å². The van der Waals surface area contributed by atoms with Gasteiger partial charge < -0.3 is 13.6 Å². The minimum atomic E-state index is -0.270. The Morgan fingerprint density at radius 1 is 0.684 bits per heavy atom. The van der Waals surface area contributed by atoms with Crippen LogP contribution in [0, 0.1) is 13.8 Å². The molecule has 1 aromatic carbocycles. The van der Waals surface area contributed by atoms with Crippen LogP contribution in [0.25, 0.3) is 0 Å². The highest BCUT2D eigenvalue weighted by Crippen LogP contribution is 2.18. The van der Waals surface area contributed by atoms with Crippen LogP contribution in [0.15, 0.2) is 61.6 Å². The Balaban J connectivity index is 1.68. The summed E-state index contributed by atoms with van der Waals surface area (Å²) >= 11 is 0. The van der Waals surface area contributed by atoms with Gasteiger partial charge in [0.15, 0.2) is 0 Å². The van der Waals surface area contributed by atoms with E-state index >= 15 is 0 Å². The summed E-state index contributed by atoms with van der Waals surface area (Å²) in [6.07, 6.45) is 3.23. The molecule has 2 aromatic heterocycles. The number of aryl methyl sites for hydroxylation is 2. The summed E-state index contributed by atoms with van der Waals surface area (Å²) in [5.41, 5.74) is 1.55. The Labute approximate surface area is 223 Å². The van der Waals surface area contributed by atoms with E-state index in [1.54, 1.807) is 27.9 Å². The van der Waals surface area contributed by atoms with Gasteiger partial charge in [-0.05, 0) is 46.5 Å². The molecule has 2 heterocycles. The van der Waals surface area contributed by atoms with Crippen LogP contribution in [0.1, 0.15) is 49.6 Å². The Bertz CT molecular complexity index is 1380. The maximum Gasteiger partial charge on any atom is 0.330 e. The van der Waals surface area contributed by atoms with Gasteiger partial charge in [0.2, 0.25) is 0 Å². The van der Waals surface area contributed by atoms with Crippen molar-refractivity contribution in [3.63, 3.8) is 0 Å². The summed E-state index contributed by atoms with van der Waals surface area (Å²) < 4.78 is 6.53. The minimum absolute atomic E-state index is 0.247. The lowest BCUT2D eigenvalue weighted by molar-refractivity contribution is -0.939. The topological polar surface area (TPSA) is 88.0 Å².